The quantitative estimate of drug-likeness (QED) is 0.582. The van der Waals surface area contributed by atoms with Crippen LogP contribution in [0, 0.1) is 0 Å². The highest BCUT2D eigenvalue weighted by molar-refractivity contribution is 8.13. The lowest BCUT2D eigenvalue weighted by Crippen LogP contribution is -2.04. The molecule has 0 amide bonds. The maximum atomic E-state index is 11.4. The van der Waals surface area contributed by atoms with Gasteiger partial charge in [-0.1, -0.05) is 6.07 Å². The summed E-state index contributed by atoms with van der Waals surface area (Å²) in [5.74, 6) is 0. The van der Waals surface area contributed by atoms with Gasteiger partial charge >= 0.3 is 0 Å². The van der Waals surface area contributed by atoms with Crippen molar-refractivity contribution in [2.24, 2.45) is 0 Å². The lowest BCUT2D eigenvalue weighted by Gasteiger charge is -2.01. The molecule has 0 spiro atoms. The Kier molecular flexibility index (Phi) is 5.99. The van der Waals surface area contributed by atoms with Gasteiger partial charge in [0, 0.05) is 12.6 Å². The summed E-state index contributed by atoms with van der Waals surface area (Å²) < 4.78 is 4.99. The number of carbonyl (C=O) groups excluding carboxylic acids is 1. The molecular weight excluding hydrogens is 214 g/mol. The van der Waals surface area contributed by atoms with Gasteiger partial charge in [-0.15, -0.1) is 0 Å². The molecule has 0 saturated carbocycles. The Labute approximate surface area is 92.7 Å². The zero-order valence-corrected chi connectivity index (χ0v) is 9.07. The maximum absolute atomic E-state index is 11.4. The van der Waals surface area contributed by atoms with Crippen LogP contribution in [0.15, 0.2) is 29.4 Å². The van der Waals surface area contributed by atoms with Crippen molar-refractivity contribution in [2.75, 3.05) is 19.8 Å². The van der Waals surface area contributed by atoms with Crippen LogP contribution in [0.5, 0.6) is 0 Å². The van der Waals surface area contributed by atoms with E-state index in [1.165, 1.54) is 0 Å². The van der Waals surface area contributed by atoms with E-state index in [-0.39, 0.29) is 18.3 Å². The molecule has 82 valence electrons. The van der Waals surface area contributed by atoms with E-state index >= 15 is 0 Å². The first-order valence-corrected chi connectivity index (χ1v) is 5.45. The Morgan fingerprint density at radius 1 is 1.47 bits per heavy atom. The van der Waals surface area contributed by atoms with Gasteiger partial charge in [-0.05, 0) is 23.9 Å². The monoisotopic (exact) mass is 227 g/mol. The standard InChI is InChI=1S/C10H13NO3S/c12-6-8-14-7-4-10(13)15-9-3-1-2-5-11-9/h1-3,5,12H,4,6-8H2. The van der Waals surface area contributed by atoms with Crippen molar-refractivity contribution >= 4 is 16.9 Å². The van der Waals surface area contributed by atoms with Gasteiger partial charge in [0.15, 0.2) is 5.12 Å². The van der Waals surface area contributed by atoms with Crippen LogP contribution in [0.3, 0.4) is 0 Å². The minimum Gasteiger partial charge on any atom is -0.394 e. The molecule has 0 bridgehead atoms. The van der Waals surface area contributed by atoms with E-state index in [9.17, 15) is 4.79 Å². The molecule has 1 rings (SSSR count). The molecule has 15 heavy (non-hydrogen) atoms. The number of ether oxygens (including phenoxy) is 1. The summed E-state index contributed by atoms with van der Waals surface area (Å²) in [6, 6.07) is 5.43. The largest absolute Gasteiger partial charge is 0.394 e. The van der Waals surface area contributed by atoms with Gasteiger partial charge in [-0.3, -0.25) is 4.79 Å². The number of pyridine rings is 1. The van der Waals surface area contributed by atoms with Gasteiger partial charge in [0.2, 0.25) is 0 Å². The molecule has 0 aliphatic rings. The molecule has 1 aromatic heterocycles. The molecule has 0 aliphatic heterocycles. The number of aromatic nitrogens is 1. The fraction of sp³-hybridized carbons (Fsp3) is 0.400. The van der Waals surface area contributed by atoms with Crippen LogP contribution in [0.4, 0.5) is 0 Å². The second-order valence-corrected chi connectivity index (χ2v) is 3.81. The van der Waals surface area contributed by atoms with E-state index in [0.29, 0.717) is 18.1 Å². The third-order valence-electron chi connectivity index (χ3n) is 1.54. The van der Waals surface area contributed by atoms with Crippen LogP contribution in [0.25, 0.3) is 0 Å². The average Bonchev–Trinajstić information content (AvgIpc) is 2.26. The van der Waals surface area contributed by atoms with Crippen molar-refractivity contribution < 1.29 is 14.6 Å². The van der Waals surface area contributed by atoms with E-state index < -0.39 is 0 Å². The summed E-state index contributed by atoms with van der Waals surface area (Å²) >= 11 is 1.11. The zero-order valence-electron chi connectivity index (χ0n) is 8.26. The van der Waals surface area contributed by atoms with Crippen LogP contribution in [0.1, 0.15) is 6.42 Å². The van der Waals surface area contributed by atoms with Crippen molar-refractivity contribution in [3.05, 3.63) is 24.4 Å². The van der Waals surface area contributed by atoms with Gasteiger partial charge in [0.25, 0.3) is 0 Å². The van der Waals surface area contributed by atoms with E-state index in [4.69, 9.17) is 9.84 Å². The van der Waals surface area contributed by atoms with E-state index in [2.05, 4.69) is 4.98 Å². The lowest BCUT2D eigenvalue weighted by atomic mass is 10.5. The molecule has 0 unspecified atom stereocenters. The predicted molar refractivity (Wildman–Crippen MR) is 57.6 cm³/mol. The third-order valence-corrected chi connectivity index (χ3v) is 2.42. The number of thioether (sulfide) groups is 1. The minimum atomic E-state index is -0.0123. The Balaban J connectivity index is 2.19. The van der Waals surface area contributed by atoms with Crippen LogP contribution in [0.2, 0.25) is 0 Å². The summed E-state index contributed by atoms with van der Waals surface area (Å²) in [7, 11) is 0. The van der Waals surface area contributed by atoms with Gasteiger partial charge in [0.1, 0.15) is 5.03 Å². The number of hydrogen-bond donors (Lipinski definition) is 1. The normalized spacial score (nSPS) is 10.2. The molecule has 0 aliphatic carbocycles. The minimum absolute atomic E-state index is 0.0123. The topological polar surface area (TPSA) is 59.4 Å². The number of aliphatic hydroxyl groups excluding tert-OH is 1. The molecule has 0 atom stereocenters. The van der Waals surface area contributed by atoms with Crippen LogP contribution < -0.4 is 0 Å². The lowest BCUT2D eigenvalue weighted by molar-refractivity contribution is -0.112. The predicted octanol–water partition coefficient (Wildman–Crippen LogP) is 1.10. The maximum Gasteiger partial charge on any atom is 0.197 e. The van der Waals surface area contributed by atoms with Crippen molar-refractivity contribution in [3.8, 4) is 0 Å². The van der Waals surface area contributed by atoms with Gasteiger partial charge in [-0.25, -0.2) is 4.98 Å². The van der Waals surface area contributed by atoms with Crippen LogP contribution in [-0.2, 0) is 9.53 Å². The number of carbonyl (C=O) groups is 1. The van der Waals surface area contributed by atoms with Crippen molar-refractivity contribution in [1.29, 1.82) is 0 Å². The van der Waals surface area contributed by atoms with E-state index in [0.717, 1.165) is 11.8 Å². The highest BCUT2D eigenvalue weighted by atomic mass is 32.2. The number of nitrogens with zero attached hydrogens (tertiary/aromatic N) is 1. The molecule has 0 radical (unpaired) electrons. The Morgan fingerprint density at radius 2 is 2.33 bits per heavy atom. The first kappa shape index (κ1) is 12.2. The summed E-state index contributed by atoms with van der Waals surface area (Å²) in [5, 5.41) is 9.16. The Hall–Kier alpha value is -0.910. The molecular formula is C10H13NO3S. The fourth-order valence-electron chi connectivity index (χ4n) is 0.897. The summed E-state index contributed by atoms with van der Waals surface area (Å²) in [6.45, 7) is 0.613. The second-order valence-electron chi connectivity index (χ2n) is 2.73. The smallest absolute Gasteiger partial charge is 0.197 e. The molecule has 1 aromatic rings. The SMILES string of the molecule is O=C(CCOCCO)Sc1ccccn1. The number of rotatable bonds is 6. The molecule has 1 heterocycles. The van der Waals surface area contributed by atoms with Crippen LogP contribution >= 0.6 is 11.8 Å². The molecule has 1 N–H and O–H groups in total. The summed E-state index contributed by atoms with van der Waals surface area (Å²) in [4.78, 5) is 15.4. The molecule has 0 saturated heterocycles. The first-order valence-electron chi connectivity index (χ1n) is 4.63. The van der Waals surface area contributed by atoms with Gasteiger partial charge in [0.05, 0.1) is 19.8 Å². The Bertz CT molecular complexity index is 292. The van der Waals surface area contributed by atoms with E-state index in [1.807, 2.05) is 6.07 Å². The average molecular weight is 227 g/mol. The van der Waals surface area contributed by atoms with E-state index in [1.54, 1.807) is 18.3 Å². The van der Waals surface area contributed by atoms with Crippen molar-refractivity contribution in [1.82, 2.24) is 4.98 Å². The molecule has 5 heteroatoms. The van der Waals surface area contributed by atoms with Crippen molar-refractivity contribution in [3.63, 3.8) is 0 Å². The molecule has 0 aromatic carbocycles. The first-order chi connectivity index (χ1) is 7.33. The second kappa shape index (κ2) is 7.39. The summed E-state index contributed by atoms with van der Waals surface area (Å²) in [5.41, 5.74) is 0. The van der Waals surface area contributed by atoms with Crippen molar-refractivity contribution in [2.45, 2.75) is 11.4 Å². The van der Waals surface area contributed by atoms with Gasteiger partial charge in [-0.2, -0.15) is 0 Å². The summed E-state index contributed by atoms with van der Waals surface area (Å²) in [6.07, 6.45) is 1.99. The van der Waals surface area contributed by atoms with Gasteiger partial charge < -0.3 is 9.84 Å². The third kappa shape index (κ3) is 5.51. The Morgan fingerprint density at radius 3 is 3.00 bits per heavy atom. The highest BCUT2D eigenvalue weighted by Gasteiger charge is 2.04. The number of hydrogen-bond acceptors (Lipinski definition) is 5. The highest BCUT2D eigenvalue weighted by Crippen LogP contribution is 2.16. The molecule has 4 nitrogen and oxygen atoms in total. The fourth-order valence-corrected chi connectivity index (χ4v) is 1.58. The molecule has 0 fully saturated rings. The zero-order chi connectivity index (χ0) is 10.9. The number of aliphatic hydroxyl groups is 1. The van der Waals surface area contributed by atoms with Crippen LogP contribution in [-0.4, -0.2) is 35.0 Å².